The van der Waals surface area contributed by atoms with Crippen LogP contribution in [0.2, 0.25) is 5.02 Å². The number of benzene rings is 3. The lowest BCUT2D eigenvalue weighted by molar-refractivity contribution is 0.252. The molecule has 0 bridgehead atoms. The molecule has 4 aromatic rings. The van der Waals surface area contributed by atoms with Gasteiger partial charge in [-0.3, -0.25) is 0 Å². The SMILES string of the molecule is CCN(CCNC(=O)Nc1ccc(Oc2ncnc3cc(OC)c(OC)cc23)cc1Cl)c1cccc(C)c1. The average Bonchev–Trinajstić information content (AvgIpc) is 2.92. The number of urea groups is 1. The number of anilines is 2. The molecule has 0 radical (unpaired) electrons. The van der Waals surface area contributed by atoms with Gasteiger partial charge in [-0.15, -0.1) is 0 Å². The predicted octanol–water partition coefficient (Wildman–Crippen LogP) is 6.05. The van der Waals surface area contributed by atoms with E-state index in [0.717, 1.165) is 12.2 Å². The first-order valence-corrected chi connectivity index (χ1v) is 12.5. The van der Waals surface area contributed by atoms with Gasteiger partial charge in [0, 0.05) is 37.5 Å². The van der Waals surface area contributed by atoms with Crippen LogP contribution in [0.1, 0.15) is 12.5 Å². The molecule has 0 atom stereocenters. The Kier molecular flexibility index (Phi) is 8.70. The summed E-state index contributed by atoms with van der Waals surface area (Å²) < 4.78 is 16.7. The molecule has 1 heterocycles. The molecular formula is C28H30ClN5O4. The van der Waals surface area contributed by atoms with Gasteiger partial charge in [-0.05, 0) is 49.7 Å². The summed E-state index contributed by atoms with van der Waals surface area (Å²) in [6.07, 6.45) is 1.41. The molecule has 3 aromatic carbocycles. The van der Waals surface area contributed by atoms with E-state index in [0.29, 0.717) is 57.8 Å². The average molecular weight is 536 g/mol. The first-order valence-electron chi connectivity index (χ1n) is 12.1. The third kappa shape index (κ3) is 6.36. The van der Waals surface area contributed by atoms with Gasteiger partial charge in [0.25, 0.3) is 0 Å². The van der Waals surface area contributed by atoms with Gasteiger partial charge in [0.2, 0.25) is 5.88 Å². The van der Waals surface area contributed by atoms with Crippen LogP contribution in [0.5, 0.6) is 23.1 Å². The molecule has 0 aliphatic rings. The molecule has 38 heavy (non-hydrogen) atoms. The molecule has 0 aliphatic heterocycles. The van der Waals surface area contributed by atoms with Crippen molar-refractivity contribution in [3.05, 3.63) is 71.5 Å². The number of methoxy groups -OCH3 is 2. The highest BCUT2D eigenvalue weighted by molar-refractivity contribution is 6.33. The van der Waals surface area contributed by atoms with Crippen molar-refractivity contribution in [2.24, 2.45) is 0 Å². The smallest absolute Gasteiger partial charge is 0.319 e. The second-order valence-electron chi connectivity index (χ2n) is 8.45. The van der Waals surface area contributed by atoms with Crippen LogP contribution >= 0.6 is 11.6 Å². The number of rotatable bonds is 10. The lowest BCUT2D eigenvalue weighted by Crippen LogP contribution is -2.37. The Morgan fingerprint density at radius 3 is 2.53 bits per heavy atom. The number of carbonyl (C=O) groups is 1. The van der Waals surface area contributed by atoms with Gasteiger partial charge in [0.05, 0.1) is 35.8 Å². The van der Waals surface area contributed by atoms with Crippen LogP contribution in [0.15, 0.2) is 60.9 Å². The van der Waals surface area contributed by atoms with Crippen molar-refractivity contribution in [3.8, 4) is 23.1 Å². The minimum atomic E-state index is -0.344. The third-order valence-electron chi connectivity index (χ3n) is 5.92. The van der Waals surface area contributed by atoms with E-state index in [2.05, 4.69) is 57.5 Å². The van der Waals surface area contributed by atoms with Gasteiger partial charge in [-0.1, -0.05) is 23.7 Å². The number of aryl methyl sites for hydroxylation is 1. The zero-order valence-electron chi connectivity index (χ0n) is 21.7. The summed E-state index contributed by atoms with van der Waals surface area (Å²) in [6.45, 7) is 6.14. The fourth-order valence-corrected chi connectivity index (χ4v) is 4.20. The maximum atomic E-state index is 12.5. The van der Waals surface area contributed by atoms with Gasteiger partial charge in [0.15, 0.2) is 11.5 Å². The number of aromatic nitrogens is 2. The molecule has 0 spiro atoms. The van der Waals surface area contributed by atoms with Gasteiger partial charge >= 0.3 is 6.03 Å². The first kappa shape index (κ1) is 26.8. The number of nitrogens with one attached hydrogen (secondary N) is 2. The first-order chi connectivity index (χ1) is 18.4. The number of hydrogen-bond acceptors (Lipinski definition) is 7. The van der Waals surface area contributed by atoms with Gasteiger partial charge < -0.3 is 29.7 Å². The van der Waals surface area contributed by atoms with Crippen molar-refractivity contribution in [1.82, 2.24) is 15.3 Å². The molecule has 10 heteroatoms. The minimum absolute atomic E-state index is 0.324. The van der Waals surface area contributed by atoms with Crippen LogP contribution in [0.4, 0.5) is 16.2 Å². The van der Waals surface area contributed by atoms with Crippen LogP contribution in [-0.2, 0) is 0 Å². The summed E-state index contributed by atoms with van der Waals surface area (Å²) in [5.74, 6) is 1.87. The summed E-state index contributed by atoms with van der Waals surface area (Å²) >= 11 is 6.45. The topological polar surface area (TPSA) is 97.8 Å². The summed E-state index contributed by atoms with van der Waals surface area (Å²) in [4.78, 5) is 23.2. The Balaban J connectivity index is 1.38. The zero-order valence-corrected chi connectivity index (χ0v) is 22.5. The van der Waals surface area contributed by atoms with E-state index in [1.807, 2.05) is 6.07 Å². The van der Waals surface area contributed by atoms with Crippen molar-refractivity contribution in [1.29, 1.82) is 0 Å². The minimum Gasteiger partial charge on any atom is -0.493 e. The van der Waals surface area contributed by atoms with Crippen molar-refractivity contribution in [2.45, 2.75) is 13.8 Å². The highest BCUT2D eigenvalue weighted by atomic mass is 35.5. The van der Waals surface area contributed by atoms with E-state index in [1.54, 1.807) is 44.6 Å². The summed E-state index contributed by atoms with van der Waals surface area (Å²) in [5.41, 5.74) is 3.42. The maximum Gasteiger partial charge on any atom is 0.319 e. The Morgan fingerprint density at radius 2 is 1.82 bits per heavy atom. The van der Waals surface area contributed by atoms with E-state index in [9.17, 15) is 4.79 Å². The largest absolute Gasteiger partial charge is 0.493 e. The molecule has 2 amide bonds. The number of amides is 2. The Morgan fingerprint density at radius 1 is 1.03 bits per heavy atom. The van der Waals surface area contributed by atoms with Crippen LogP contribution in [-0.4, -0.2) is 49.9 Å². The lowest BCUT2D eigenvalue weighted by atomic mass is 10.2. The molecule has 2 N–H and O–H groups in total. The van der Waals surface area contributed by atoms with E-state index in [1.165, 1.54) is 11.9 Å². The third-order valence-corrected chi connectivity index (χ3v) is 6.24. The predicted molar refractivity (Wildman–Crippen MR) is 150 cm³/mol. The summed E-state index contributed by atoms with van der Waals surface area (Å²) in [5, 5.41) is 6.64. The van der Waals surface area contributed by atoms with Crippen molar-refractivity contribution in [3.63, 3.8) is 0 Å². The number of fused-ring (bicyclic) bond motifs is 1. The zero-order chi connectivity index (χ0) is 27.1. The number of nitrogens with zero attached hydrogens (tertiary/aromatic N) is 3. The summed E-state index contributed by atoms with van der Waals surface area (Å²) in [7, 11) is 3.12. The number of halogens is 1. The molecule has 198 valence electrons. The fraction of sp³-hybridized carbons (Fsp3) is 0.250. The second-order valence-corrected chi connectivity index (χ2v) is 8.85. The monoisotopic (exact) mass is 535 g/mol. The van der Waals surface area contributed by atoms with E-state index < -0.39 is 0 Å². The number of hydrogen-bond donors (Lipinski definition) is 2. The molecule has 0 fully saturated rings. The highest BCUT2D eigenvalue weighted by Crippen LogP contribution is 2.36. The van der Waals surface area contributed by atoms with Crippen molar-refractivity contribution < 1.29 is 19.0 Å². The summed E-state index contributed by atoms with van der Waals surface area (Å²) in [6, 6.07) is 16.4. The molecule has 4 rings (SSSR count). The quantitative estimate of drug-likeness (QED) is 0.255. The molecule has 0 unspecified atom stereocenters. The van der Waals surface area contributed by atoms with E-state index in [4.69, 9.17) is 25.8 Å². The number of carbonyl (C=O) groups excluding carboxylic acids is 1. The molecule has 9 nitrogen and oxygen atoms in total. The Labute approximate surface area is 226 Å². The molecule has 1 aromatic heterocycles. The second kappa shape index (κ2) is 12.3. The van der Waals surface area contributed by atoms with Gasteiger partial charge in [0.1, 0.15) is 12.1 Å². The molecule has 0 saturated heterocycles. The van der Waals surface area contributed by atoms with Crippen molar-refractivity contribution >= 4 is 39.9 Å². The van der Waals surface area contributed by atoms with Gasteiger partial charge in [-0.2, -0.15) is 0 Å². The normalized spacial score (nSPS) is 10.7. The number of ether oxygens (including phenoxy) is 3. The molecule has 0 aliphatic carbocycles. The Bertz CT molecular complexity index is 1430. The van der Waals surface area contributed by atoms with Crippen LogP contribution in [0.25, 0.3) is 10.9 Å². The maximum absolute atomic E-state index is 12.5. The lowest BCUT2D eigenvalue weighted by Gasteiger charge is -2.23. The van der Waals surface area contributed by atoms with Crippen LogP contribution in [0, 0.1) is 6.92 Å². The molecular weight excluding hydrogens is 506 g/mol. The highest BCUT2D eigenvalue weighted by Gasteiger charge is 2.14. The molecule has 0 saturated carbocycles. The number of likely N-dealkylation sites (N-methyl/N-ethyl adjacent to an activating group) is 1. The van der Waals surface area contributed by atoms with E-state index >= 15 is 0 Å². The van der Waals surface area contributed by atoms with Crippen LogP contribution in [0.3, 0.4) is 0 Å². The van der Waals surface area contributed by atoms with Crippen molar-refractivity contribution in [2.75, 3.05) is 44.1 Å². The van der Waals surface area contributed by atoms with E-state index in [-0.39, 0.29) is 6.03 Å². The fourth-order valence-electron chi connectivity index (χ4n) is 3.98. The van der Waals surface area contributed by atoms with Gasteiger partial charge in [-0.25, -0.2) is 14.8 Å². The standard InChI is InChI=1S/C28H30ClN5O4/c1-5-34(19-8-6-7-18(2)13-19)12-11-30-28(35)33-23-10-9-20(14-22(23)29)38-27-21-15-25(36-3)26(37-4)16-24(21)31-17-32-27/h6-10,13-17H,5,11-12H2,1-4H3,(H2,30,33,35). The Hall–Kier alpha value is -4.24. The van der Waals surface area contributed by atoms with Crippen LogP contribution < -0.4 is 29.7 Å².